The molecule has 1 aromatic carbocycles. The number of aliphatic hydroxyl groups is 1. The first-order chi connectivity index (χ1) is 13.8. The number of β-amino-alcohol motifs (C(OH)–C–C–N with tert-alkyl or cyclic N) is 1. The molecule has 0 spiro atoms. The Morgan fingerprint density at radius 2 is 2.03 bits per heavy atom. The fourth-order valence-corrected chi connectivity index (χ4v) is 4.25. The molecule has 0 saturated carbocycles. The molecule has 0 aliphatic carbocycles. The van der Waals surface area contributed by atoms with E-state index in [9.17, 15) is 14.7 Å². The van der Waals surface area contributed by atoms with Crippen molar-refractivity contribution < 1.29 is 14.7 Å². The summed E-state index contributed by atoms with van der Waals surface area (Å²) in [6.07, 6.45) is -0.484. The summed E-state index contributed by atoms with van der Waals surface area (Å²) in [4.78, 5) is 32.1. The first kappa shape index (κ1) is 21.4. The molecule has 1 aliphatic rings. The van der Waals surface area contributed by atoms with Crippen molar-refractivity contribution in [1.82, 2.24) is 15.2 Å². The van der Waals surface area contributed by atoms with E-state index in [4.69, 9.17) is 5.73 Å². The van der Waals surface area contributed by atoms with Crippen molar-refractivity contribution in [2.24, 2.45) is 11.7 Å². The van der Waals surface area contributed by atoms with E-state index in [1.165, 1.54) is 4.90 Å². The summed E-state index contributed by atoms with van der Waals surface area (Å²) in [5.41, 5.74) is 10.8. The van der Waals surface area contributed by atoms with Crippen LogP contribution in [0.15, 0.2) is 29.8 Å². The summed E-state index contributed by atoms with van der Waals surface area (Å²) in [5, 5.41) is 12.9. The van der Waals surface area contributed by atoms with Crippen LogP contribution < -0.4 is 11.1 Å². The van der Waals surface area contributed by atoms with Crippen LogP contribution in [0.2, 0.25) is 0 Å². The number of thiazole rings is 1. The molecule has 1 fully saturated rings. The minimum Gasteiger partial charge on any atom is -0.391 e. The lowest BCUT2D eigenvalue weighted by molar-refractivity contribution is -0.140. The number of aliphatic hydroxyl groups excluding tert-OH is 1. The normalized spacial score (nSPS) is 20.1. The maximum Gasteiger partial charge on any atom is 0.243 e. The van der Waals surface area contributed by atoms with Gasteiger partial charge in [0.1, 0.15) is 6.04 Å². The Morgan fingerprint density at radius 3 is 2.62 bits per heavy atom. The standard InChI is InChI=1S/C21H28N4O3S/c1-12(2)18(22)21(28)25-10-16(26)8-17(25)20(27)23-9-14-4-6-15(7-5-14)19-13(3)24-11-29-19/h4-7,11-12,16-18,26H,8-10,22H2,1-3H3,(H,23,27)/t16-,17-,18+/m1/s1. The van der Waals surface area contributed by atoms with Crippen molar-refractivity contribution in [2.75, 3.05) is 6.54 Å². The minimum absolute atomic E-state index is 0.0374. The zero-order valence-corrected chi connectivity index (χ0v) is 17.8. The number of aryl methyl sites for hydroxylation is 1. The highest BCUT2D eigenvalue weighted by molar-refractivity contribution is 7.13. The van der Waals surface area contributed by atoms with Gasteiger partial charge in [-0.05, 0) is 24.0 Å². The Morgan fingerprint density at radius 1 is 1.34 bits per heavy atom. The van der Waals surface area contributed by atoms with Gasteiger partial charge in [0.15, 0.2) is 0 Å². The van der Waals surface area contributed by atoms with Crippen molar-refractivity contribution in [2.45, 2.75) is 51.9 Å². The average molecular weight is 417 g/mol. The van der Waals surface area contributed by atoms with Crippen LogP contribution in [0.5, 0.6) is 0 Å². The Labute approximate surface area is 174 Å². The van der Waals surface area contributed by atoms with Gasteiger partial charge in [-0.1, -0.05) is 38.1 Å². The molecule has 1 aromatic heterocycles. The highest BCUT2D eigenvalue weighted by atomic mass is 32.1. The SMILES string of the molecule is Cc1ncsc1-c1ccc(CNC(=O)[C@H]2C[C@@H](O)CN2C(=O)[C@@H](N)C(C)C)cc1. The smallest absolute Gasteiger partial charge is 0.243 e. The predicted octanol–water partition coefficient (Wildman–Crippen LogP) is 1.68. The number of benzene rings is 1. The zero-order chi connectivity index (χ0) is 21.1. The third-order valence-electron chi connectivity index (χ3n) is 5.30. The van der Waals surface area contributed by atoms with Crippen molar-refractivity contribution in [1.29, 1.82) is 0 Å². The van der Waals surface area contributed by atoms with Crippen LogP contribution in [-0.2, 0) is 16.1 Å². The van der Waals surface area contributed by atoms with Crippen molar-refractivity contribution in [3.63, 3.8) is 0 Å². The minimum atomic E-state index is -0.712. The summed E-state index contributed by atoms with van der Waals surface area (Å²) in [6, 6.07) is 6.59. The number of carbonyl (C=O) groups is 2. The quantitative estimate of drug-likeness (QED) is 0.664. The largest absolute Gasteiger partial charge is 0.391 e. The average Bonchev–Trinajstić information content (AvgIpc) is 3.30. The second-order valence-electron chi connectivity index (χ2n) is 7.85. The van der Waals surface area contributed by atoms with E-state index in [1.54, 1.807) is 11.3 Å². The summed E-state index contributed by atoms with van der Waals surface area (Å²) in [6.45, 7) is 6.20. The lowest BCUT2D eigenvalue weighted by Gasteiger charge is -2.27. The number of hydrogen-bond donors (Lipinski definition) is 3. The number of aromatic nitrogens is 1. The molecular weight excluding hydrogens is 388 g/mol. The van der Waals surface area contributed by atoms with Gasteiger partial charge in [-0.15, -0.1) is 11.3 Å². The summed E-state index contributed by atoms with van der Waals surface area (Å²) >= 11 is 1.60. The number of carbonyl (C=O) groups excluding carboxylic acids is 2. The fourth-order valence-electron chi connectivity index (χ4n) is 3.44. The molecule has 29 heavy (non-hydrogen) atoms. The van der Waals surface area contributed by atoms with E-state index < -0.39 is 18.2 Å². The van der Waals surface area contributed by atoms with Crippen LogP contribution >= 0.6 is 11.3 Å². The van der Waals surface area contributed by atoms with Gasteiger partial charge in [0.2, 0.25) is 11.8 Å². The van der Waals surface area contributed by atoms with Gasteiger partial charge < -0.3 is 21.1 Å². The Kier molecular flexibility index (Phi) is 6.66. The van der Waals surface area contributed by atoms with Crippen LogP contribution in [0.1, 0.15) is 31.5 Å². The second-order valence-corrected chi connectivity index (χ2v) is 8.70. The van der Waals surface area contributed by atoms with Crippen LogP contribution in [0.4, 0.5) is 0 Å². The molecule has 7 nitrogen and oxygen atoms in total. The highest BCUT2D eigenvalue weighted by Crippen LogP contribution is 2.27. The van der Waals surface area contributed by atoms with E-state index in [1.807, 2.05) is 50.5 Å². The first-order valence-electron chi connectivity index (χ1n) is 9.79. The van der Waals surface area contributed by atoms with Crippen molar-refractivity contribution in [3.8, 4) is 10.4 Å². The number of nitrogens with two attached hydrogens (primary N) is 1. The topological polar surface area (TPSA) is 109 Å². The van der Waals surface area contributed by atoms with Gasteiger partial charge in [-0.2, -0.15) is 0 Å². The van der Waals surface area contributed by atoms with Crippen LogP contribution in [-0.4, -0.2) is 51.5 Å². The third-order valence-corrected chi connectivity index (χ3v) is 6.27. The van der Waals surface area contributed by atoms with E-state index in [-0.39, 0.29) is 30.7 Å². The molecule has 8 heteroatoms. The van der Waals surface area contributed by atoms with E-state index in [2.05, 4.69) is 10.3 Å². The lowest BCUT2D eigenvalue weighted by Crippen LogP contribution is -2.52. The van der Waals surface area contributed by atoms with Crippen LogP contribution in [0, 0.1) is 12.8 Å². The highest BCUT2D eigenvalue weighted by Gasteiger charge is 2.40. The molecule has 0 radical (unpaired) electrons. The van der Waals surface area contributed by atoms with Gasteiger partial charge >= 0.3 is 0 Å². The Hall–Kier alpha value is -2.29. The van der Waals surface area contributed by atoms with Crippen LogP contribution in [0.25, 0.3) is 10.4 Å². The van der Waals surface area contributed by atoms with Gasteiger partial charge in [-0.3, -0.25) is 9.59 Å². The number of nitrogens with one attached hydrogen (secondary N) is 1. The van der Waals surface area contributed by atoms with Crippen LogP contribution in [0.3, 0.4) is 0 Å². The van der Waals surface area contributed by atoms with Gasteiger partial charge in [0.05, 0.1) is 28.2 Å². The summed E-state index contributed by atoms with van der Waals surface area (Å²) < 4.78 is 0. The molecule has 2 aromatic rings. The number of rotatable bonds is 6. The molecule has 1 saturated heterocycles. The molecular formula is C21H28N4O3S. The molecule has 3 atom stereocenters. The first-order valence-corrected chi connectivity index (χ1v) is 10.7. The second kappa shape index (κ2) is 9.02. The predicted molar refractivity (Wildman–Crippen MR) is 113 cm³/mol. The number of amides is 2. The molecule has 2 heterocycles. The number of nitrogens with zero attached hydrogens (tertiary/aromatic N) is 2. The van der Waals surface area contributed by atoms with E-state index in [0.717, 1.165) is 21.7 Å². The van der Waals surface area contributed by atoms with Gasteiger partial charge in [0.25, 0.3) is 0 Å². The number of hydrogen-bond acceptors (Lipinski definition) is 6. The molecule has 4 N–H and O–H groups in total. The number of likely N-dealkylation sites (tertiary alicyclic amines) is 1. The maximum atomic E-state index is 12.7. The van der Waals surface area contributed by atoms with Gasteiger partial charge in [0, 0.05) is 19.5 Å². The zero-order valence-electron chi connectivity index (χ0n) is 17.0. The molecule has 0 bridgehead atoms. The Balaban J connectivity index is 1.62. The fraction of sp³-hybridized carbons (Fsp3) is 0.476. The third kappa shape index (κ3) is 4.83. The maximum absolute atomic E-state index is 12.7. The molecule has 3 rings (SSSR count). The van der Waals surface area contributed by atoms with E-state index >= 15 is 0 Å². The summed E-state index contributed by atoms with van der Waals surface area (Å²) in [5.74, 6) is -0.598. The lowest BCUT2D eigenvalue weighted by atomic mass is 10.0. The molecule has 2 amide bonds. The molecule has 0 unspecified atom stereocenters. The molecule has 156 valence electrons. The molecule has 1 aliphatic heterocycles. The van der Waals surface area contributed by atoms with Crippen molar-refractivity contribution >= 4 is 23.2 Å². The van der Waals surface area contributed by atoms with Crippen molar-refractivity contribution in [3.05, 3.63) is 41.0 Å². The van der Waals surface area contributed by atoms with E-state index in [0.29, 0.717) is 6.54 Å². The van der Waals surface area contributed by atoms with Gasteiger partial charge in [-0.25, -0.2) is 4.98 Å². The Bertz CT molecular complexity index is 865. The monoisotopic (exact) mass is 416 g/mol. The summed E-state index contributed by atoms with van der Waals surface area (Å²) in [7, 11) is 0.